The summed E-state index contributed by atoms with van der Waals surface area (Å²) in [6.07, 6.45) is 1.99. The normalized spacial score (nSPS) is 13.6. The summed E-state index contributed by atoms with van der Waals surface area (Å²) in [5.74, 6) is -0.648. The van der Waals surface area contributed by atoms with E-state index in [2.05, 4.69) is 21.6 Å². The Balaban J connectivity index is 1.51. The number of ether oxygens (including phenoxy) is 2. The molecule has 0 spiro atoms. The first-order chi connectivity index (χ1) is 19.9. The number of hydrogen-bond donors (Lipinski definition) is 0. The number of amides is 2. The SMILES string of the molecule is COCCN(Cc1cccn1Cc1ccccc1)C(=O)CN(CCN1CCOCC1)C(=O)c1cccc([N+](=O)[O-])c1. The van der Waals surface area contributed by atoms with Gasteiger partial charge in [0, 0.05) is 76.0 Å². The number of nitro groups is 1. The van der Waals surface area contributed by atoms with Crippen molar-refractivity contribution in [2.45, 2.75) is 13.1 Å². The predicted molar refractivity (Wildman–Crippen MR) is 154 cm³/mol. The Bertz CT molecular complexity index is 1290. The fourth-order valence-corrected chi connectivity index (χ4v) is 4.75. The van der Waals surface area contributed by atoms with Crippen molar-refractivity contribution in [1.29, 1.82) is 0 Å². The van der Waals surface area contributed by atoms with Crippen LogP contribution in [0.1, 0.15) is 21.6 Å². The zero-order chi connectivity index (χ0) is 29.0. The van der Waals surface area contributed by atoms with Crippen LogP contribution < -0.4 is 0 Å². The average Bonchev–Trinajstić information content (AvgIpc) is 3.44. The molecule has 0 saturated carbocycles. The lowest BCUT2D eigenvalue weighted by atomic mass is 10.1. The van der Waals surface area contributed by atoms with Gasteiger partial charge in [-0.05, 0) is 23.8 Å². The molecule has 218 valence electrons. The van der Waals surface area contributed by atoms with Crippen molar-refractivity contribution in [2.75, 3.05) is 66.2 Å². The van der Waals surface area contributed by atoms with Crippen LogP contribution in [-0.4, -0.2) is 102 Å². The number of morpholine rings is 1. The van der Waals surface area contributed by atoms with Crippen LogP contribution in [0.2, 0.25) is 0 Å². The van der Waals surface area contributed by atoms with Crippen LogP contribution in [0.25, 0.3) is 0 Å². The maximum atomic E-state index is 13.7. The van der Waals surface area contributed by atoms with Crippen LogP contribution >= 0.6 is 0 Å². The van der Waals surface area contributed by atoms with Gasteiger partial charge in [-0.1, -0.05) is 36.4 Å². The molecule has 2 heterocycles. The minimum Gasteiger partial charge on any atom is -0.383 e. The Morgan fingerprint density at radius 1 is 1.00 bits per heavy atom. The summed E-state index contributed by atoms with van der Waals surface area (Å²) in [5.41, 5.74) is 2.12. The first-order valence-corrected chi connectivity index (χ1v) is 13.7. The van der Waals surface area contributed by atoms with Gasteiger partial charge < -0.3 is 23.8 Å². The van der Waals surface area contributed by atoms with Gasteiger partial charge in [-0.3, -0.25) is 24.6 Å². The van der Waals surface area contributed by atoms with E-state index in [1.165, 1.54) is 23.1 Å². The first kappa shape index (κ1) is 29.9. The van der Waals surface area contributed by atoms with Gasteiger partial charge >= 0.3 is 0 Å². The molecule has 0 atom stereocenters. The molecule has 1 aromatic heterocycles. The summed E-state index contributed by atoms with van der Waals surface area (Å²) in [5, 5.41) is 11.3. The summed E-state index contributed by atoms with van der Waals surface area (Å²) in [4.78, 5) is 43.5. The van der Waals surface area contributed by atoms with Crippen molar-refractivity contribution in [2.24, 2.45) is 0 Å². The third-order valence-electron chi connectivity index (χ3n) is 7.10. The second kappa shape index (κ2) is 15.1. The minimum absolute atomic E-state index is 0.158. The second-order valence-electron chi connectivity index (χ2n) is 9.91. The average molecular weight is 564 g/mol. The summed E-state index contributed by atoms with van der Waals surface area (Å²) >= 11 is 0. The first-order valence-electron chi connectivity index (χ1n) is 13.7. The zero-order valence-electron chi connectivity index (χ0n) is 23.4. The van der Waals surface area contributed by atoms with Gasteiger partial charge in [0.05, 0.1) is 31.3 Å². The smallest absolute Gasteiger partial charge is 0.270 e. The van der Waals surface area contributed by atoms with E-state index in [1.54, 1.807) is 18.1 Å². The molecule has 0 radical (unpaired) electrons. The van der Waals surface area contributed by atoms with Crippen LogP contribution in [-0.2, 0) is 27.4 Å². The number of rotatable bonds is 14. The van der Waals surface area contributed by atoms with Crippen LogP contribution in [0.15, 0.2) is 72.9 Å². The lowest BCUT2D eigenvalue weighted by Gasteiger charge is -2.31. The van der Waals surface area contributed by atoms with Gasteiger partial charge in [-0.15, -0.1) is 0 Å². The van der Waals surface area contributed by atoms with Crippen molar-refractivity contribution in [1.82, 2.24) is 19.3 Å². The van der Waals surface area contributed by atoms with Gasteiger partial charge in [-0.2, -0.15) is 0 Å². The number of nitro benzene ring substituents is 1. The van der Waals surface area contributed by atoms with Crippen LogP contribution in [0.5, 0.6) is 0 Å². The predicted octanol–water partition coefficient (Wildman–Crippen LogP) is 2.89. The van der Waals surface area contributed by atoms with Crippen LogP contribution in [0.4, 0.5) is 5.69 Å². The van der Waals surface area contributed by atoms with Gasteiger partial charge in [-0.25, -0.2) is 0 Å². The number of benzene rings is 2. The highest BCUT2D eigenvalue weighted by Crippen LogP contribution is 2.16. The van der Waals surface area contributed by atoms with E-state index in [-0.39, 0.29) is 23.7 Å². The number of nitrogens with zero attached hydrogens (tertiary/aromatic N) is 5. The highest BCUT2D eigenvalue weighted by Gasteiger charge is 2.25. The van der Waals surface area contributed by atoms with Crippen molar-refractivity contribution in [3.63, 3.8) is 0 Å². The quantitative estimate of drug-likeness (QED) is 0.219. The largest absolute Gasteiger partial charge is 0.383 e. The molecule has 3 aromatic rings. The van der Waals surface area contributed by atoms with E-state index in [4.69, 9.17) is 9.47 Å². The number of carbonyl (C=O) groups is 2. The molecule has 0 N–H and O–H groups in total. The Kier molecular flexibility index (Phi) is 11.0. The van der Waals surface area contributed by atoms with Gasteiger partial charge in [0.25, 0.3) is 11.6 Å². The van der Waals surface area contributed by atoms with Gasteiger partial charge in [0.2, 0.25) is 5.91 Å². The number of aromatic nitrogens is 1. The molecular weight excluding hydrogens is 526 g/mol. The number of methoxy groups -OCH3 is 1. The molecule has 11 heteroatoms. The lowest BCUT2D eigenvalue weighted by Crippen LogP contribution is -2.47. The van der Waals surface area contributed by atoms with E-state index < -0.39 is 10.8 Å². The molecule has 2 aromatic carbocycles. The molecule has 0 aliphatic carbocycles. The maximum Gasteiger partial charge on any atom is 0.270 e. The zero-order valence-corrected chi connectivity index (χ0v) is 23.4. The molecule has 2 amide bonds. The second-order valence-corrected chi connectivity index (χ2v) is 9.91. The number of hydrogen-bond acceptors (Lipinski definition) is 7. The highest BCUT2D eigenvalue weighted by atomic mass is 16.6. The Labute approximate surface area is 240 Å². The monoisotopic (exact) mass is 563 g/mol. The Morgan fingerprint density at radius 2 is 1.78 bits per heavy atom. The third-order valence-corrected chi connectivity index (χ3v) is 7.10. The molecular formula is C30H37N5O6. The fraction of sp³-hybridized carbons (Fsp3) is 0.400. The van der Waals surface area contributed by atoms with Crippen molar-refractivity contribution in [3.8, 4) is 0 Å². The van der Waals surface area contributed by atoms with E-state index >= 15 is 0 Å². The molecule has 4 rings (SSSR count). The Hall–Kier alpha value is -4.06. The highest BCUT2D eigenvalue weighted by molar-refractivity contribution is 5.97. The standard InChI is InChI=1S/C30H37N5O6/c1-40-18-17-33(23-28-11-6-12-32(28)22-25-7-3-2-4-8-25)29(36)24-34(14-13-31-15-19-41-20-16-31)30(37)26-9-5-10-27(21-26)35(38)39/h2-12,21H,13-20,22-24H2,1H3. The molecule has 11 nitrogen and oxygen atoms in total. The summed E-state index contributed by atoms with van der Waals surface area (Å²) in [6, 6.07) is 19.7. The minimum atomic E-state index is -0.531. The van der Waals surface area contributed by atoms with Crippen molar-refractivity contribution in [3.05, 3.63) is 99.9 Å². The van der Waals surface area contributed by atoms with Crippen molar-refractivity contribution < 1.29 is 24.0 Å². The third kappa shape index (κ3) is 8.71. The Morgan fingerprint density at radius 3 is 2.51 bits per heavy atom. The lowest BCUT2D eigenvalue weighted by molar-refractivity contribution is -0.384. The van der Waals surface area contributed by atoms with Crippen LogP contribution in [0.3, 0.4) is 0 Å². The fourth-order valence-electron chi connectivity index (χ4n) is 4.75. The van der Waals surface area contributed by atoms with Gasteiger partial charge in [0.15, 0.2) is 0 Å². The van der Waals surface area contributed by atoms with E-state index in [0.717, 1.165) is 24.3 Å². The molecule has 1 fully saturated rings. The topological polar surface area (TPSA) is 110 Å². The molecule has 1 saturated heterocycles. The molecule has 41 heavy (non-hydrogen) atoms. The van der Waals surface area contributed by atoms with Gasteiger partial charge in [0.1, 0.15) is 6.54 Å². The number of carbonyl (C=O) groups excluding carboxylic acids is 2. The molecule has 1 aliphatic rings. The maximum absolute atomic E-state index is 13.7. The van der Waals surface area contributed by atoms with E-state index in [9.17, 15) is 19.7 Å². The van der Waals surface area contributed by atoms with Crippen molar-refractivity contribution >= 4 is 17.5 Å². The molecule has 0 bridgehead atoms. The molecule has 0 unspecified atom stereocenters. The van der Waals surface area contributed by atoms with E-state index in [0.29, 0.717) is 52.5 Å². The summed E-state index contributed by atoms with van der Waals surface area (Å²) < 4.78 is 12.8. The van der Waals surface area contributed by atoms with E-state index in [1.807, 2.05) is 36.5 Å². The summed E-state index contributed by atoms with van der Waals surface area (Å²) in [6.45, 7) is 5.15. The number of non-ortho nitro benzene ring substituents is 1. The molecule has 1 aliphatic heterocycles. The van der Waals surface area contributed by atoms with Crippen LogP contribution in [0, 0.1) is 10.1 Å². The summed E-state index contributed by atoms with van der Waals surface area (Å²) in [7, 11) is 1.58.